The molecule has 2 bridgehead atoms. The highest BCUT2D eigenvalue weighted by Gasteiger charge is 2.59. The van der Waals surface area contributed by atoms with Gasteiger partial charge in [0.1, 0.15) is 11.7 Å². The number of hydrogen-bond acceptors (Lipinski definition) is 5. The number of hydrogen-bond donors (Lipinski definition) is 1. The summed E-state index contributed by atoms with van der Waals surface area (Å²) in [4.78, 5) is 14.6. The minimum atomic E-state index is -0.974. The van der Waals surface area contributed by atoms with Crippen LogP contribution in [0.4, 0.5) is 0 Å². The van der Waals surface area contributed by atoms with E-state index >= 15 is 0 Å². The van der Waals surface area contributed by atoms with Crippen LogP contribution in [0.5, 0.6) is 5.75 Å². The standard InChI is InChI=1S/C17H21ClN2O4S/c1-4-23-15(21)13-14-11-9-10(18)5-6-12(11)24-17(13,2)20(7-8-22-3)16(25)19-14/h5-6,9,13-14H,4,7-8H2,1-3H3,(H,19,25)/t13-,14-,17-/m0/s1. The third kappa shape index (κ3) is 3.05. The van der Waals surface area contributed by atoms with E-state index in [0.717, 1.165) is 5.56 Å². The average Bonchev–Trinajstić information content (AvgIpc) is 2.55. The molecule has 8 heteroatoms. The molecule has 1 saturated heterocycles. The van der Waals surface area contributed by atoms with E-state index in [1.54, 1.807) is 26.2 Å². The Bertz CT molecular complexity index is 701. The normalized spacial score (nSPS) is 27.2. The second-order valence-electron chi connectivity index (χ2n) is 6.14. The molecule has 6 nitrogen and oxygen atoms in total. The van der Waals surface area contributed by atoms with Crippen molar-refractivity contribution >= 4 is 34.9 Å². The third-order valence-electron chi connectivity index (χ3n) is 4.65. The van der Waals surface area contributed by atoms with Crippen LogP contribution in [0, 0.1) is 5.92 Å². The second kappa shape index (κ2) is 6.97. The molecule has 0 aromatic heterocycles. The van der Waals surface area contributed by atoms with Crippen LogP contribution < -0.4 is 10.1 Å². The molecule has 3 rings (SSSR count). The Morgan fingerprint density at radius 1 is 1.52 bits per heavy atom. The molecule has 1 N–H and O–H groups in total. The first-order valence-corrected chi connectivity index (χ1v) is 8.93. The van der Waals surface area contributed by atoms with Gasteiger partial charge in [-0.1, -0.05) is 11.6 Å². The second-order valence-corrected chi connectivity index (χ2v) is 6.96. The zero-order valence-electron chi connectivity index (χ0n) is 14.4. The van der Waals surface area contributed by atoms with E-state index < -0.39 is 11.6 Å². The summed E-state index contributed by atoms with van der Waals surface area (Å²) in [5.41, 5.74) is -0.171. The molecule has 0 amide bonds. The lowest BCUT2D eigenvalue weighted by atomic mass is 9.79. The van der Waals surface area contributed by atoms with Gasteiger partial charge in [0.05, 0.1) is 19.3 Å². The molecule has 25 heavy (non-hydrogen) atoms. The van der Waals surface area contributed by atoms with Crippen LogP contribution in [0.25, 0.3) is 0 Å². The lowest BCUT2D eigenvalue weighted by molar-refractivity contribution is -0.176. The summed E-state index contributed by atoms with van der Waals surface area (Å²) in [6.07, 6.45) is 0. The number of thiocarbonyl (C=S) groups is 1. The maximum atomic E-state index is 12.8. The van der Waals surface area contributed by atoms with Gasteiger partial charge in [0, 0.05) is 24.2 Å². The summed E-state index contributed by atoms with van der Waals surface area (Å²) in [5.74, 6) is -0.255. The van der Waals surface area contributed by atoms with Gasteiger partial charge in [0.25, 0.3) is 0 Å². The molecule has 1 aromatic rings. The van der Waals surface area contributed by atoms with Crippen molar-refractivity contribution in [2.24, 2.45) is 5.92 Å². The van der Waals surface area contributed by atoms with Crippen molar-refractivity contribution in [3.8, 4) is 5.75 Å². The van der Waals surface area contributed by atoms with Crippen LogP contribution in [-0.2, 0) is 14.3 Å². The molecule has 2 aliphatic rings. The molecule has 1 fully saturated rings. The van der Waals surface area contributed by atoms with Crippen molar-refractivity contribution in [2.45, 2.75) is 25.6 Å². The van der Waals surface area contributed by atoms with E-state index in [1.165, 1.54) is 0 Å². The topological polar surface area (TPSA) is 60.0 Å². The van der Waals surface area contributed by atoms with Crippen molar-refractivity contribution in [1.82, 2.24) is 10.2 Å². The highest BCUT2D eigenvalue weighted by atomic mass is 35.5. The maximum Gasteiger partial charge on any atom is 0.317 e. The van der Waals surface area contributed by atoms with Gasteiger partial charge in [-0.2, -0.15) is 0 Å². The number of benzene rings is 1. The molecule has 0 aliphatic carbocycles. The number of methoxy groups -OCH3 is 1. The number of halogens is 1. The van der Waals surface area contributed by atoms with E-state index in [9.17, 15) is 4.79 Å². The zero-order valence-corrected chi connectivity index (χ0v) is 15.9. The van der Waals surface area contributed by atoms with Gasteiger partial charge >= 0.3 is 5.97 Å². The Morgan fingerprint density at radius 3 is 2.96 bits per heavy atom. The number of esters is 1. The quantitative estimate of drug-likeness (QED) is 0.618. The van der Waals surface area contributed by atoms with E-state index in [4.69, 9.17) is 38.0 Å². The molecule has 136 valence electrons. The molecule has 2 aliphatic heterocycles. The van der Waals surface area contributed by atoms with Crippen LogP contribution in [0.1, 0.15) is 25.5 Å². The van der Waals surface area contributed by atoms with E-state index in [2.05, 4.69) is 5.32 Å². The highest BCUT2D eigenvalue weighted by Crippen LogP contribution is 2.49. The summed E-state index contributed by atoms with van der Waals surface area (Å²) in [7, 11) is 1.62. The fraction of sp³-hybridized carbons (Fsp3) is 0.529. The number of fused-ring (bicyclic) bond motifs is 4. The Labute approximate surface area is 157 Å². The minimum absolute atomic E-state index is 0.295. The van der Waals surface area contributed by atoms with Gasteiger partial charge in [0.15, 0.2) is 10.8 Å². The molecule has 0 saturated carbocycles. The first kappa shape index (κ1) is 18.2. The first-order chi connectivity index (χ1) is 11.9. The molecule has 2 heterocycles. The Morgan fingerprint density at radius 2 is 2.28 bits per heavy atom. The molecular weight excluding hydrogens is 364 g/mol. The summed E-state index contributed by atoms with van der Waals surface area (Å²) in [6.45, 7) is 4.88. The summed E-state index contributed by atoms with van der Waals surface area (Å²) in [6, 6.07) is 5.02. The van der Waals surface area contributed by atoms with Gasteiger partial charge < -0.3 is 24.4 Å². The Hall–Kier alpha value is -1.57. The summed E-state index contributed by atoms with van der Waals surface area (Å²) >= 11 is 11.7. The van der Waals surface area contributed by atoms with Crippen molar-refractivity contribution in [2.75, 3.05) is 26.9 Å². The Kier molecular flexibility index (Phi) is 5.09. The van der Waals surface area contributed by atoms with Crippen LogP contribution in [0.3, 0.4) is 0 Å². The van der Waals surface area contributed by atoms with Crippen LogP contribution in [0.2, 0.25) is 5.02 Å². The molecule has 0 unspecified atom stereocenters. The van der Waals surface area contributed by atoms with Crippen LogP contribution >= 0.6 is 23.8 Å². The van der Waals surface area contributed by atoms with E-state index in [-0.39, 0.29) is 12.0 Å². The molecule has 0 radical (unpaired) electrons. The number of nitrogens with one attached hydrogen (secondary N) is 1. The number of carbonyl (C=O) groups excluding carboxylic acids is 1. The SMILES string of the molecule is CCOC(=O)[C@@H]1[C@H]2NC(=S)N(CCOC)[C@@]1(C)Oc1ccc(Cl)cc12. The largest absolute Gasteiger partial charge is 0.467 e. The molecule has 0 spiro atoms. The first-order valence-electron chi connectivity index (χ1n) is 8.14. The predicted octanol–water partition coefficient (Wildman–Crippen LogP) is 2.51. The minimum Gasteiger partial charge on any atom is -0.467 e. The summed E-state index contributed by atoms with van der Waals surface area (Å²) < 4.78 is 16.8. The van der Waals surface area contributed by atoms with Gasteiger partial charge in [-0.05, 0) is 44.3 Å². The van der Waals surface area contributed by atoms with Crippen molar-refractivity contribution in [1.29, 1.82) is 0 Å². The third-order valence-corrected chi connectivity index (χ3v) is 5.23. The highest BCUT2D eigenvalue weighted by molar-refractivity contribution is 7.80. The average molecular weight is 385 g/mol. The van der Waals surface area contributed by atoms with Crippen molar-refractivity contribution < 1.29 is 19.0 Å². The maximum absolute atomic E-state index is 12.8. The van der Waals surface area contributed by atoms with Gasteiger partial charge in [0.2, 0.25) is 0 Å². The predicted molar refractivity (Wildman–Crippen MR) is 97.7 cm³/mol. The smallest absolute Gasteiger partial charge is 0.317 e. The van der Waals surface area contributed by atoms with Crippen molar-refractivity contribution in [3.05, 3.63) is 28.8 Å². The lowest BCUT2D eigenvalue weighted by Crippen LogP contribution is -2.71. The van der Waals surface area contributed by atoms with E-state index in [1.807, 2.05) is 17.9 Å². The fourth-order valence-electron chi connectivity index (χ4n) is 3.52. The summed E-state index contributed by atoms with van der Waals surface area (Å²) in [5, 5.41) is 4.35. The monoisotopic (exact) mass is 384 g/mol. The van der Waals surface area contributed by atoms with Gasteiger partial charge in [-0.3, -0.25) is 4.79 Å². The van der Waals surface area contributed by atoms with Crippen LogP contribution in [0.15, 0.2) is 18.2 Å². The molecule has 3 atom stereocenters. The van der Waals surface area contributed by atoms with E-state index in [0.29, 0.717) is 35.6 Å². The number of nitrogens with zero attached hydrogens (tertiary/aromatic N) is 1. The fourth-order valence-corrected chi connectivity index (χ4v) is 4.10. The number of carbonyl (C=O) groups is 1. The van der Waals surface area contributed by atoms with Gasteiger partial charge in [-0.25, -0.2) is 0 Å². The van der Waals surface area contributed by atoms with Crippen LogP contribution in [-0.4, -0.2) is 48.6 Å². The Balaban J connectivity index is 2.09. The molecule has 1 aromatic carbocycles. The lowest BCUT2D eigenvalue weighted by Gasteiger charge is -2.55. The van der Waals surface area contributed by atoms with Crippen molar-refractivity contribution in [3.63, 3.8) is 0 Å². The molecular formula is C17H21ClN2O4S. The zero-order chi connectivity index (χ0) is 18.2. The number of rotatable bonds is 5. The number of ether oxygens (including phenoxy) is 3. The van der Waals surface area contributed by atoms with Gasteiger partial charge in [-0.15, -0.1) is 0 Å².